The van der Waals surface area contributed by atoms with Gasteiger partial charge in [0.2, 0.25) is 0 Å². The Morgan fingerprint density at radius 2 is 2.28 bits per heavy atom. The smallest absolute Gasteiger partial charge is 0.253 e. The van der Waals surface area contributed by atoms with Crippen LogP contribution in [0.4, 0.5) is 5.69 Å². The average Bonchev–Trinajstić information content (AvgIpc) is 2.30. The zero-order valence-electron chi connectivity index (χ0n) is 10.3. The Morgan fingerprint density at radius 3 is 2.89 bits per heavy atom. The number of piperidine rings is 1. The molecule has 98 valence electrons. The van der Waals surface area contributed by atoms with Crippen LogP contribution in [0.25, 0.3) is 0 Å². The van der Waals surface area contributed by atoms with E-state index in [1.54, 1.807) is 30.0 Å². The number of amides is 1. The van der Waals surface area contributed by atoms with Gasteiger partial charge in [-0.25, -0.2) is 0 Å². The summed E-state index contributed by atoms with van der Waals surface area (Å²) in [7, 11) is 0. The second kappa shape index (κ2) is 4.90. The van der Waals surface area contributed by atoms with Crippen LogP contribution < -0.4 is 5.73 Å². The van der Waals surface area contributed by atoms with Gasteiger partial charge in [-0.3, -0.25) is 4.79 Å². The first-order valence-electron chi connectivity index (χ1n) is 5.96. The fourth-order valence-corrected chi connectivity index (χ4v) is 2.61. The third-order valence-corrected chi connectivity index (χ3v) is 3.90. The van der Waals surface area contributed by atoms with E-state index in [0.29, 0.717) is 24.3 Å². The van der Waals surface area contributed by atoms with Crippen LogP contribution in [-0.4, -0.2) is 34.6 Å². The lowest BCUT2D eigenvalue weighted by Gasteiger charge is -2.36. The normalized spacial score (nSPS) is 24.1. The second-order valence-corrected chi connectivity index (χ2v) is 5.92. The Labute approximate surface area is 115 Å². The molecule has 0 radical (unpaired) electrons. The summed E-state index contributed by atoms with van der Waals surface area (Å²) in [6.45, 7) is 2.84. The van der Waals surface area contributed by atoms with Gasteiger partial charge in [-0.2, -0.15) is 0 Å². The number of rotatable bonds is 1. The van der Waals surface area contributed by atoms with Crippen LogP contribution in [0.3, 0.4) is 0 Å². The maximum Gasteiger partial charge on any atom is 0.253 e. The summed E-state index contributed by atoms with van der Waals surface area (Å²) < 4.78 is 0.720. The lowest BCUT2D eigenvalue weighted by Crippen LogP contribution is -2.48. The van der Waals surface area contributed by atoms with Crippen LogP contribution in [-0.2, 0) is 0 Å². The van der Waals surface area contributed by atoms with Crippen LogP contribution in [0.2, 0.25) is 0 Å². The van der Waals surface area contributed by atoms with Gasteiger partial charge in [0.05, 0.1) is 5.60 Å². The van der Waals surface area contributed by atoms with Crippen molar-refractivity contribution in [2.24, 2.45) is 0 Å². The van der Waals surface area contributed by atoms with Crippen molar-refractivity contribution in [3.63, 3.8) is 0 Å². The highest BCUT2D eigenvalue weighted by Gasteiger charge is 2.31. The molecule has 1 fully saturated rings. The van der Waals surface area contributed by atoms with Gasteiger partial charge in [-0.15, -0.1) is 0 Å². The molecule has 1 saturated heterocycles. The largest absolute Gasteiger partial charge is 0.398 e. The van der Waals surface area contributed by atoms with Crippen molar-refractivity contribution >= 4 is 27.5 Å². The number of carbonyl (C=O) groups excluding carboxylic acids is 1. The maximum absolute atomic E-state index is 12.3. The zero-order chi connectivity index (χ0) is 13.3. The second-order valence-electron chi connectivity index (χ2n) is 5.06. The minimum Gasteiger partial charge on any atom is -0.398 e. The molecule has 1 heterocycles. The first-order chi connectivity index (χ1) is 8.39. The molecule has 0 bridgehead atoms. The Kier molecular flexibility index (Phi) is 3.64. The number of halogens is 1. The SMILES string of the molecule is CC1(O)CCCN(C(=O)c2ccc(N)c(Br)c2)C1. The standard InChI is InChI=1S/C13H17BrN2O2/c1-13(18)5-2-6-16(8-13)12(17)9-3-4-11(15)10(14)7-9/h3-4,7,18H,2,5-6,8,15H2,1H3. The summed E-state index contributed by atoms with van der Waals surface area (Å²) in [5.74, 6) is -0.0596. The number of hydrogen-bond donors (Lipinski definition) is 2. The molecule has 0 saturated carbocycles. The number of nitrogen functional groups attached to an aromatic ring is 1. The highest BCUT2D eigenvalue weighted by atomic mass is 79.9. The zero-order valence-corrected chi connectivity index (χ0v) is 11.9. The van der Waals surface area contributed by atoms with E-state index < -0.39 is 5.60 Å². The molecule has 4 nitrogen and oxygen atoms in total. The van der Waals surface area contributed by atoms with E-state index in [1.807, 2.05) is 0 Å². The van der Waals surface area contributed by atoms with Crippen LogP contribution in [0.1, 0.15) is 30.1 Å². The number of aliphatic hydroxyl groups is 1. The van der Waals surface area contributed by atoms with Gasteiger partial charge in [-0.1, -0.05) is 0 Å². The molecule has 1 atom stereocenters. The van der Waals surface area contributed by atoms with Gasteiger partial charge in [0.25, 0.3) is 5.91 Å². The Morgan fingerprint density at radius 1 is 1.56 bits per heavy atom. The van der Waals surface area contributed by atoms with Crippen LogP contribution in [0.15, 0.2) is 22.7 Å². The predicted octanol–water partition coefficient (Wildman–Crippen LogP) is 2.02. The molecule has 1 aromatic carbocycles. The van der Waals surface area contributed by atoms with Crippen molar-refractivity contribution in [3.8, 4) is 0 Å². The van der Waals surface area contributed by atoms with E-state index in [0.717, 1.165) is 17.3 Å². The molecule has 0 spiro atoms. The summed E-state index contributed by atoms with van der Waals surface area (Å²) >= 11 is 3.32. The van der Waals surface area contributed by atoms with Crippen LogP contribution in [0.5, 0.6) is 0 Å². The summed E-state index contributed by atoms with van der Waals surface area (Å²) in [4.78, 5) is 14.0. The Bertz CT molecular complexity index is 474. The molecular weight excluding hydrogens is 296 g/mol. The fraction of sp³-hybridized carbons (Fsp3) is 0.462. The van der Waals surface area contributed by atoms with Crippen molar-refractivity contribution in [2.75, 3.05) is 18.8 Å². The lowest BCUT2D eigenvalue weighted by atomic mass is 9.94. The van der Waals surface area contributed by atoms with E-state index in [2.05, 4.69) is 15.9 Å². The van der Waals surface area contributed by atoms with Gasteiger partial charge < -0.3 is 15.7 Å². The fourth-order valence-electron chi connectivity index (χ4n) is 2.24. The minimum absolute atomic E-state index is 0.0596. The van der Waals surface area contributed by atoms with Crippen molar-refractivity contribution in [1.82, 2.24) is 4.90 Å². The van der Waals surface area contributed by atoms with Gasteiger partial charge in [0, 0.05) is 28.8 Å². The molecule has 1 aromatic rings. The highest BCUT2D eigenvalue weighted by molar-refractivity contribution is 9.10. The summed E-state index contributed by atoms with van der Waals surface area (Å²) in [6.07, 6.45) is 1.57. The van der Waals surface area contributed by atoms with E-state index in [1.165, 1.54) is 0 Å². The lowest BCUT2D eigenvalue weighted by molar-refractivity contribution is -0.0107. The number of anilines is 1. The predicted molar refractivity (Wildman–Crippen MR) is 74.3 cm³/mol. The topological polar surface area (TPSA) is 66.6 Å². The van der Waals surface area contributed by atoms with E-state index in [9.17, 15) is 9.90 Å². The molecule has 0 aromatic heterocycles. The number of nitrogens with zero attached hydrogens (tertiary/aromatic N) is 1. The van der Waals surface area contributed by atoms with E-state index in [4.69, 9.17) is 5.73 Å². The first-order valence-corrected chi connectivity index (χ1v) is 6.75. The van der Waals surface area contributed by atoms with Crippen molar-refractivity contribution < 1.29 is 9.90 Å². The third kappa shape index (κ3) is 2.84. The molecule has 1 aliphatic heterocycles. The summed E-state index contributed by atoms with van der Waals surface area (Å²) in [5.41, 5.74) is 6.12. The van der Waals surface area contributed by atoms with Gasteiger partial charge >= 0.3 is 0 Å². The van der Waals surface area contributed by atoms with E-state index >= 15 is 0 Å². The number of benzene rings is 1. The van der Waals surface area contributed by atoms with Gasteiger partial charge in [0.15, 0.2) is 0 Å². The molecular formula is C13H17BrN2O2. The highest BCUT2D eigenvalue weighted by Crippen LogP contribution is 2.24. The molecule has 18 heavy (non-hydrogen) atoms. The van der Waals surface area contributed by atoms with Crippen LogP contribution in [0, 0.1) is 0 Å². The molecule has 2 rings (SSSR count). The maximum atomic E-state index is 12.3. The van der Waals surface area contributed by atoms with Crippen molar-refractivity contribution in [3.05, 3.63) is 28.2 Å². The molecule has 1 amide bonds. The average molecular weight is 313 g/mol. The van der Waals surface area contributed by atoms with Crippen molar-refractivity contribution in [2.45, 2.75) is 25.4 Å². The number of carbonyl (C=O) groups is 1. The molecule has 0 aliphatic carbocycles. The van der Waals surface area contributed by atoms with E-state index in [-0.39, 0.29) is 5.91 Å². The third-order valence-electron chi connectivity index (χ3n) is 3.21. The summed E-state index contributed by atoms with van der Waals surface area (Å²) in [5, 5.41) is 10.0. The molecule has 3 N–H and O–H groups in total. The molecule has 5 heteroatoms. The van der Waals surface area contributed by atoms with Gasteiger partial charge in [0.1, 0.15) is 0 Å². The Balaban J connectivity index is 2.18. The van der Waals surface area contributed by atoms with Gasteiger partial charge in [-0.05, 0) is 53.9 Å². The number of likely N-dealkylation sites (tertiary alicyclic amines) is 1. The van der Waals surface area contributed by atoms with Crippen LogP contribution >= 0.6 is 15.9 Å². The quantitative estimate of drug-likeness (QED) is 0.780. The molecule has 1 unspecified atom stereocenters. The molecule has 1 aliphatic rings. The number of β-amino-alcohol motifs (C(OH)–C–C–N with tert-alkyl or cyclic N) is 1. The monoisotopic (exact) mass is 312 g/mol. The number of nitrogens with two attached hydrogens (primary N) is 1. The Hall–Kier alpha value is -1.07. The first kappa shape index (κ1) is 13.4. The summed E-state index contributed by atoms with van der Waals surface area (Å²) in [6, 6.07) is 5.14. The number of hydrogen-bond acceptors (Lipinski definition) is 3. The van der Waals surface area contributed by atoms with Crippen molar-refractivity contribution in [1.29, 1.82) is 0 Å². The minimum atomic E-state index is -0.779.